The van der Waals surface area contributed by atoms with E-state index in [0.717, 1.165) is 6.07 Å². The van der Waals surface area contributed by atoms with Gasteiger partial charge in [-0.3, -0.25) is 0 Å². The van der Waals surface area contributed by atoms with Crippen molar-refractivity contribution >= 4 is 5.69 Å². The van der Waals surface area contributed by atoms with Crippen molar-refractivity contribution in [3.63, 3.8) is 0 Å². The zero-order chi connectivity index (χ0) is 14.7. The predicted octanol–water partition coefficient (Wildman–Crippen LogP) is 3.24. The molecule has 0 bridgehead atoms. The average molecular weight is 280 g/mol. The van der Waals surface area contributed by atoms with Crippen molar-refractivity contribution in [2.24, 2.45) is 5.73 Å². The number of benzene rings is 2. The molecular formula is C15H15F3N2. The number of nitrogens with two attached hydrogens (primary N) is 1. The molecule has 0 aromatic heterocycles. The van der Waals surface area contributed by atoms with Gasteiger partial charge in [-0.25, -0.2) is 13.2 Å². The van der Waals surface area contributed by atoms with Crippen molar-refractivity contribution in [3.8, 4) is 0 Å². The molecule has 0 fully saturated rings. The highest BCUT2D eigenvalue weighted by molar-refractivity contribution is 5.48. The summed E-state index contributed by atoms with van der Waals surface area (Å²) in [6, 6.07) is 8.75. The van der Waals surface area contributed by atoms with Crippen molar-refractivity contribution in [1.82, 2.24) is 0 Å². The maximum Gasteiger partial charge on any atom is 0.131 e. The summed E-state index contributed by atoms with van der Waals surface area (Å²) in [5, 5.41) is 0. The zero-order valence-corrected chi connectivity index (χ0v) is 11.0. The molecule has 2 aromatic carbocycles. The SMILES string of the molecule is CN(c1ccc(F)cc1)C(CN)c1ccc(F)cc1F. The molecule has 0 aliphatic rings. The second-order valence-electron chi connectivity index (χ2n) is 4.50. The molecule has 2 rings (SSSR count). The van der Waals surface area contributed by atoms with Gasteiger partial charge in [-0.1, -0.05) is 6.07 Å². The van der Waals surface area contributed by atoms with Crippen molar-refractivity contribution in [2.75, 3.05) is 18.5 Å². The summed E-state index contributed by atoms with van der Waals surface area (Å²) >= 11 is 0. The van der Waals surface area contributed by atoms with Gasteiger partial charge >= 0.3 is 0 Å². The maximum atomic E-state index is 13.8. The molecule has 0 heterocycles. The van der Waals surface area contributed by atoms with E-state index >= 15 is 0 Å². The summed E-state index contributed by atoms with van der Waals surface area (Å²) in [5.41, 5.74) is 6.71. The number of likely N-dealkylation sites (N-methyl/N-ethyl adjacent to an activating group) is 1. The molecule has 106 valence electrons. The summed E-state index contributed by atoms with van der Waals surface area (Å²) in [4.78, 5) is 1.73. The number of rotatable bonds is 4. The standard InChI is InChI=1S/C15H15F3N2/c1-20(12-5-2-10(16)3-6-12)15(9-19)13-7-4-11(17)8-14(13)18/h2-8,15H,9,19H2,1H3. The lowest BCUT2D eigenvalue weighted by Gasteiger charge is -2.29. The third kappa shape index (κ3) is 2.93. The normalized spacial score (nSPS) is 12.2. The van der Waals surface area contributed by atoms with Gasteiger partial charge in [-0.15, -0.1) is 0 Å². The molecular weight excluding hydrogens is 265 g/mol. The second kappa shape index (κ2) is 5.96. The molecule has 0 saturated heterocycles. The van der Waals surface area contributed by atoms with Crippen LogP contribution in [-0.4, -0.2) is 13.6 Å². The van der Waals surface area contributed by atoms with E-state index in [1.807, 2.05) is 0 Å². The minimum absolute atomic E-state index is 0.149. The lowest BCUT2D eigenvalue weighted by atomic mass is 10.0. The van der Waals surface area contributed by atoms with Gasteiger partial charge < -0.3 is 10.6 Å². The van der Waals surface area contributed by atoms with Crippen LogP contribution in [0.15, 0.2) is 42.5 Å². The lowest BCUT2D eigenvalue weighted by molar-refractivity contribution is 0.549. The zero-order valence-electron chi connectivity index (χ0n) is 11.0. The van der Waals surface area contributed by atoms with E-state index in [-0.39, 0.29) is 12.4 Å². The fraction of sp³-hybridized carbons (Fsp3) is 0.200. The monoisotopic (exact) mass is 280 g/mol. The van der Waals surface area contributed by atoms with Crippen molar-refractivity contribution in [1.29, 1.82) is 0 Å². The number of nitrogens with zero attached hydrogens (tertiary/aromatic N) is 1. The van der Waals surface area contributed by atoms with Crippen LogP contribution in [-0.2, 0) is 0 Å². The molecule has 1 unspecified atom stereocenters. The molecule has 0 saturated carbocycles. The van der Waals surface area contributed by atoms with Crippen LogP contribution in [0.2, 0.25) is 0 Å². The van der Waals surface area contributed by atoms with Crippen LogP contribution in [0.3, 0.4) is 0 Å². The highest BCUT2D eigenvalue weighted by Gasteiger charge is 2.20. The molecule has 0 aliphatic carbocycles. The third-order valence-electron chi connectivity index (χ3n) is 3.25. The van der Waals surface area contributed by atoms with Gasteiger partial charge in [-0.2, -0.15) is 0 Å². The molecule has 0 radical (unpaired) electrons. The number of anilines is 1. The Labute approximate surface area is 115 Å². The van der Waals surface area contributed by atoms with Crippen LogP contribution >= 0.6 is 0 Å². The van der Waals surface area contributed by atoms with Crippen molar-refractivity contribution in [2.45, 2.75) is 6.04 Å². The molecule has 2 nitrogen and oxygen atoms in total. The van der Waals surface area contributed by atoms with E-state index in [2.05, 4.69) is 0 Å². The van der Waals surface area contributed by atoms with Crippen LogP contribution < -0.4 is 10.6 Å². The van der Waals surface area contributed by atoms with E-state index in [9.17, 15) is 13.2 Å². The molecule has 0 spiro atoms. The molecule has 20 heavy (non-hydrogen) atoms. The van der Waals surface area contributed by atoms with Gasteiger partial charge in [0, 0.05) is 30.9 Å². The van der Waals surface area contributed by atoms with Gasteiger partial charge in [-0.05, 0) is 30.3 Å². The summed E-state index contributed by atoms with van der Waals surface area (Å²) in [7, 11) is 1.73. The van der Waals surface area contributed by atoms with E-state index in [4.69, 9.17) is 5.73 Å². The molecule has 0 amide bonds. The Balaban J connectivity index is 2.33. The summed E-state index contributed by atoms with van der Waals surface area (Å²) in [6.45, 7) is 0.149. The van der Waals surface area contributed by atoms with E-state index < -0.39 is 17.7 Å². The van der Waals surface area contributed by atoms with Gasteiger partial charge in [0.25, 0.3) is 0 Å². The first-order valence-electron chi connectivity index (χ1n) is 6.16. The number of hydrogen-bond acceptors (Lipinski definition) is 2. The van der Waals surface area contributed by atoms with E-state index in [1.54, 1.807) is 24.1 Å². The largest absolute Gasteiger partial charge is 0.366 e. The van der Waals surface area contributed by atoms with Crippen LogP contribution in [0.4, 0.5) is 18.9 Å². The Kier molecular flexibility index (Phi) is 4.29. The number of halogens is 3. The fourth-order valence-electron chi connectivity index (χ4n) is 2.12. The number of hydrogen-bond donors (Lipinski definition) is 1. The summed E-state index contributed by atoms with van der Waals surface area (Å²) in [5.74, 6) is -1.62. The lowest BCUT2D eigenvalue weighted by Crippen LogP contribution is -2.31. The predicted molar refractivity (Wildman–Crippen MR) is 73.0 cm³/mol. The van der Waals surface area contributed by atoms with Gasteiger partial charge in [0.15, 0.2) is 0 Å². The van der Waals surface area contributed by atoms with Crippen LogP contribution in [0.1, 0.15) is 11.6 Å². The first kappa shape index (κ1) is 14.4. The molecule has 0 aliphatic heterocycles. The Morgan fingerprint density at radius 3 is 2.15 bits per heavy atom. The molecule has 2 aromatic rings. The fourth-order valence-corrected chi connectivity index (χ4v) is 2.12. The van der Waals surface area contributed by atoms with Crippen LogP contribution in [0, 0.1) is 17.5 Å². The smallest absolute Gasteiger partial charge is 0.131 e. The van der Waals surface area contributed by atoms with Crippen LogP contribution in [0.25, 0.3) is 0 Å². The third-order valence-corrected chi connectivity index (χ3v) is 3.25. The van der Waals surface area contributed by atoms with Crippen molar-refractivity contribution in [3.05, 3.63) is 65.5 Å². The van der Waals surface area contributed by atoms with Gasteiger partial charge in [0.2, 0.25) is 0 Å². The Hall–Kier alpha value is -2.01. The summed E-state index contributed by atoms with van der Waals surface area (Å²) in [6.07, 6.45) is 0. The molecule has 2 N–H and O–H groups in total. The molecule has 1 atom stereocenters. The Morgan fingerprint density at radius 1 is 1.00 bits per heavy atom. The van der Waals surface area contributed by atoms with E-state index in [1.165, 1.54) is 24.3 Å². The first-order valence-corrected chi connectivity index (χ1v) is 6.16. The van der Waals surface area contributed by atoms with Crippen molar-refractivity contribution < 1.29 is 13.2 Å². The summed E-state index contributed by atoms with van der Waals surface area (Å²) < 4.78 is 39.7. The van der Waals surface area contributed by atoms with Gasteiger partial charge in [0.05, 0.1) is 6.04 Å². The average Bonchev–Trinajstić information content (AvgIpc) is 2.42. The minimum atomic E-state index is -0.644. The Bertz CT molecular complexity index is 584. The van der Waals surface area contributed by atoms with Crippen LogP contribution in [0.5, 0.6) is 0 Å². The topological polar surface area (TPSA) is 29.3 Å². The Morgan fingerprint density at radius 2 is 1.60 bits per heavy atom. The minimum Gasteiger partial charge on any atom is -0.366 e. The van der Waals surface area contributed by atoms with E-state index in [0.29, 0.717) is 11.3 Å². The first-order chi connectivity index (χ1) is 9.52. The highest BCUT2D eigenvalue weighted by Crippen LogP contribution is 2.27. The second-order valence-corrected chi connectivity index (χ2v) is 4.50. The van der Waals surface area contributed by atoms with Gasteiger partial charge in [0.1, 0.15) is 17.5 Å². The maximum absolute atomic E-state index is 13.8. The quantitative estimate of drug-likeness (QED) is 0.931. The highest BCUT2D eigenvalue weighted by atomic mass is 19.1. The molecule has 5 heteroatoms.